The lowest BCUT2D eigenvalue weighted by Gasteiger charge is -2.04. The molecular formula is C9H12ClNO3. The number of nitrogens with two attached hydrogens (primary N) is 1. The van der Waals surface area contributed by atoms with Crippen LogP contribution in [0, 0.1) is 0 Å². The van der Waals surface area contributed by atoms with E-state index in [0.717, 1.165) is 0 Å². The standard InChI is InChI=1S/C9H11NO3.ClH/c1-2-13-9(12)7-5-6(10)3-4-8(7)11;/h3-5,11H,2,10H2,1H3;1H. The molecule has 0 fully saturated rings. The lowest BCUT2D eigenvalue weighted by molar-refractivity contribution is 0.0523. The quantitative estimate of drug-likeness (QED) is 0.448. The molecule has 0 heterocycles. The van der Waals surface area contributed by atoms with Crippen molar-refractivity contribution in [2.24, 2.45) is 0 Å². The van der Waals surface area contributed by atoms with Gasteiger partial charge in [-0.05, 0) is 25.1 Å². The molecule has 0 saturated carbocycles. The molecule has 1 aromatic carbocycles. The molecule has 3 N–H and O–H groups in total. The first-order valence-corrected chi connectivity index (χ1v) is 3.90. The fourth-order valence-corrected chi connectivity index (χ4v) is 0.926. The molecule has 0 amide bonds. The summed E-state index contributed by atoms with van der Waals surface area (Å²) in [7, 11) is 0. The average Bonchev–Trinajstić information content (AvgIpc) is 2.09. The summed E-state index contributed by atoms with van der Waals surface area (Å²) in [6, 6.07) is 4.26. The van der Waals surface area contributed by atoms with Crippen molar-refractivity contribution >= 4 is 24.1 Å². The van der Waals surface area contributed by atoms with Gasteiger partial charge < -0.3 is 15.6 Å². The zero-order valence-corrected chi connectivity index (χ0v) is 8.50. The lowest BCUT2D eigenvalue weighted by atomic mass is 10.2. The molecule has 0 aliphatic rings. The molecule has 0 aliphatic carbocycles. The smallest absolute Gasteiger partial charge is 0.341 e. The Kier molecular flexibility index (Phi) is 4.80. The predicted molar refractivity (Wildman–Crippen MR) is 55.7 cm³/mol. The Hall–Kier alpha value is -1.42. The van der Waals surface area contributed by atoms with Gasteiger partial charge in [-0.1, -0.05) is 0 Å². The van der Waals surface area contributed by atoms with Crippen molar-refractivity contribution in [3.8, 4) is 5.75 Å². The van der Waals surface area contributed by atoms with Gasteiger partial charge in [0.1, 0.15) is 11.3 Å². The molecule has 0 spiro atoms. The largest absolute Gasteiger partial charge is 0.507 e. The minimum Gasteiger partial charge on any atom is -0.507 e. The minimum absolute atomic E-state index is 0. The number of anilines is 1. The van der Waals surface area contributed by atoms with Crippen molar-refractivity contribution < 1.29 is 14.6 Å². The first-order valence-electron chi connectivity index (χ1n) is 3.90. The Morgan fingerprint density at radius 1 is 1.57 bits per heavy atom. The number of hydrogen-bond acceptors (Lipinski definition) is 4. The molecule has 1 aromatic rings. The second-order valence-corrected chi connectivity index (χ2v) is 2.50. The topological polar surface area (TPSA) is 72.5 Å². The van der Waals surface area contributed by atoms with Crippen molar-refractivity contribution in [2.75, 3.05) is 12.3 Å². The SMILES string of the molecule is CCOC(=O)c1cc(N)ccc1O.Cl. The van der Waals surface area contributed by atoms with Gasteiger partial charge in [0.2, 0.25) is 0 Å². The highest BCUT2D eigenvalue weighted by molar-refractivity contribution is 5.93. The van der Waals surface area contributed by atoms with E-state index in [2.05, 4.69) is 0 Å². The number of esters is 1. The molecule has 14 heavy (non-hydrogen) atoms. The first kappa shape index (κ1) is 12.6. The van der Waals surface area contributed by atoms with Crippen LogP contribution in [0.25, 0.3) is 0 Å². The fraction of sp³-hybridized carbons (Fsp3) is 0.222. The number of aromatic hydroxyl groups is 1. The molecule has 0 atom stereocenters. The van der Waals surface area contributed by atoms with Crippen LogP contribution >= 0.6 is 12.4 Å². The lowest BCUT2D eigenvalue weighted by Crippen LogP contribution is -2.05. The number of phenols is 1. The maximum absolute atomic E-state index is 11.2. The number of carbonyl (C=O) groups excluding carboxylic acids is 1. The molecule has 0 saturated heterocycles. The van der Waals surface area contributed by atoms with Gasteiger partial charge in [-0.2, -0.15) is 0 Å². The second kappa shape index (κ2) is 5.34. The molecule has 0 bridgehead atoms. The maximum Gasteiger partial charge on any atom is 0.341 e. The molecule has 5 heteroatoms. The van der Waals surface area contributed by atoms with Crippen molar-refractivity contribution in [2.45, 2.75) is 6.92 Å². The summed E-state index contributed by atoms with van der Waals surface area (Å²) in [5.41, 5.74) is 5.96. The van der Waals surface area contributed by atoms with Crippen LogP contribution in [0.1, 0.15) is 17.3 Å². The van der Waals surface area contributed by atoms with Crippen LogP contribution in [-0.4, -0.2) is 17.7 Å². The van der Waals surface area contributed by atoms with Gasteiger partial charge in [-0.3, -0.25) is 0 Å². The van der Waals surface area contributed by atoms with Crippen LogP contribution in [0.3, 0.4) is 0 Å². The Morgan fingerprint density at radius 3 is 2.79 bits per heavy atom. The molecule has 1 rings (SSSR count). The summed E-state index contributed by atoms with van der Waals surface area (Å²) in [5, 5.41) is 9.28. The fourth-order valence-electron chi connectivity index (χ4n) is 0.926. The van der Waals surface area contributed by atoms with Gasteiger partial charge in [0.05, 0.1) is 6.61 Å². The van der Waals surface area contributed by atoms with Gasteiger partial charge in [0.25, 0.3) is 0 Å². The summed E-state index contributed by atoms with van der Waals surface area (Å²) in [4.78, 5) is 11.2. The third-order valence-electron chi connectivity index (χ3n) is 1.52. The van der Waals surface area contributed by atoms with Crippen molar-refractivity contribution in [1.29, 1.82) is 0 Å². The molecule has 0 unspecified atom stereocenters. The number of nitrogen functional groups attached to an aromatic ring is 1. The Morgan fingerprint density at radius 2 is 2.21 bits per heavy atom. The minimum atomic E-state index is -0.563. The van der Waals surface area contributed by atoms with Gasteiger partial charge in [0.15, 0.2) is 0 Å². The van der Waals surface area contributed by atoms with Crippen molar-refractivity contribution in [3.05, 3.63) is 23.8 Å². The highest BCUT2D eigenvalue weighted by Crippen LogP contribution is 2.20. The van der Waals surface area contributed by atoms with E-state index in [-0.39, 0.29) is 30.3 Å². The molecule has 0 aromatic heterocycles. The van der Waals surface area contributed by atoms with E-state index in [0.29, 0.717) is 5.69 Å². The van der Waals surface area contributed by atoms with Crippen LogP contribution in [0.5, 0.6) is 5.75 Å². The van der Waals surface area contributed by atoms with Crippen LogP contribution in [0.15, 0.2) is 18.2 Å². The molecule has 0 radical (unpaired) electrons. The highest BCUT2D eigenvalue weighted by Gasteiger charge is 2.11. The molecule has 4 nitrogen and oxygen atoms in total. The second-order valence-electron chi connectivity index (χ2n) is 2.50. The normalized spacial score (nSPS) is 8.93. The van der Waals surface area contributed by atoms with Gasteiger partial charge in [-0.25, -0.2) is 4.79 Å². The Labute approximate surface area is 88.1 Å². The van der Waals surface area contributed by atoms with E-state index in [4.69, 9.17) is 10.5 Å². The van der Waals surface area contributed by atoms with E-state index < -0.39 is 5.97 Å². The van der Waals surface area contributed by atoms with Crippen LogP contribution < -0.4 is 5.73 Å². The first-order chi connectivity index (χ1) is 6.15. The Bertz CT molecular complexity index is 328. The van der Waals surface area contributed by atoms with Crippen molar-refractivity contribution in [3.63, 3.8) is 0 Å². The Balaban J connectivity index is 0.00000169. The van der Waals surface area contributed by atoms with E-state index >= 15 is 0 Å². The number of ether oxygens (including phenoxy) is 1. The molecule has 0 aliphatic heterocycles. The highest BCUT2D eigenvalue weighted by atomic mass is 35.5. The summed E-state index contributed by atoms with van der Waals surface area (Å²) in [6.07, 6.45) is 0. The summed E-state index contributed by atoms with van der Waals surface area (Å²) in [6.45, 7) is 1.97. The number of phenolic OH excluding ortho intramolecular Hbond substituents is 1. The van der Waals surface area contributed by atoms with Gasteiger partial charge in [0, 0.05) is 5.69 Å². The van der Waals surface area contributed by atoms with Gasteiger partial charge in [-0.15, -0.1) is 12.4 Å². The summed E-state index contributed by atoms with van der Waals surface area (Å²) >= 11 is 0. The zero-order valence-electron chi connectivity index (χ0n) is 7.69. The number of hydrogen-bond donors (Lipinski definition) is 2. The van der Waals surface area contributed by atoms with Crippen molar-refractivity contribution in [1.82, 2.24) is 0 Å². The van der Waals surface area contributed by atoms with Crippen LogP contribution in [0.4, 0.5) is 5.69 Å². The number of rotatable bonds is 2. The zero-order chi connectivity index (χ0) is 9.84. The van der Waals surface area contributed by atoms with Gasteiger partial charge >= 0.3 is 5.97 Å². The molecule has 78 valence electrons. The number of halogens is 1. The maximum atomic E-state index is 11.2. The van der Waals surface area contributed by atoms with Crippen LogP contribution in [-0.2, 0) is 4.74 Å². The van der Waals surface area contributed by atoms with E-state index in [1.54, 1.807) is 6.92 Å². The summed E-state index contributed by atoms with van der Waals surface area (Å²) < 4.78 is 4.71. The summed E-state index contributed by atoms with van der Waals surface area (Å²) in [5.74, 6) is -0.681. The van der Waals surface area contributed by atoms with E-state index in [1.807, 2.05) is 0 Å². The third-order valence-corrected chi connectivity index (χ3v) is 1.52. The number of benzene rings is 1. The average molecular weight is 218 g/mol. The monoisotopic (exact) mass is 217 g/mol. The third kappa shape index (κ3) is 2.81. The van der Waals surface area contributed by atoms with Crippen LogP contribution in [0.2, 0.25) is 0 Å². The molecular weight excluding hydrogens is 206 g/mol. The van der Waals surface area contributed by atoms with E-state index in [9.17, 15) is 9.90 Å². The number of carbonyl (C=O) groups is 1. The predicted octanol–water partition coefficient (Wildman–Crippen LogP) is 1.57. The van der Waals surface area contributed by atoms with E-state index in [1.165, 1.54) is 18.2 Å².